The maximum absolute atomic E-state index is 13.5. The zero-order valence-corrected chi connectivity index (χ0v) is 18.6. The first-order valence-electron chi connectivity index (χ1n) is 11.1. The molecule has 3 aromatic rings. The molecule has 3 heterocycles. The molecule has 13 heteroatoms. The summed E-state index contributed by atoms with van der Waals surface area (Å²) in [6, 6.07) is 4.07. The van der Waals surface area contributed by atoms with Gasteiger partial charge in [-0.05, 0) is 43.7 Å². The van der Waals surface area contributed by atoms with E-state index in [4.69, 9.17) is 4.74 Å². The molecule has 2 aliphatic rings. The molecule has 1 saturated heterocycles. The minimum atomic E-state index is -4.59. The van der Waals surface area contributed by atoms with Crippen LogP contribution in [0.15, 0.2) is 30.6 Å². The number of fused-ring (bicyclic) bond motifs is 2. The van der Waals surface area contributed by atoms with Crippen LogP contribution in [0.4, 0.5) is 33.7 Å². The molecule has 1 N–H and O–H groups in total. The van der Waals surface area contributed by atoms with Crippen molar-refractivity contribution < 1.29 is 26.7 Å². The van der Waals surface area contributed by atoms with E-state index in [1.165, 1.54) is 6.33 Å². The Hall–Kier alpha value is -3.51. The lowest BCUT2D eigenvalue weighted by Gasteiger charge is -2.38. The summed E-state index contributed by atoms with van der Waals surface area (Å²) in [4.78, 5) is 14.8. The predicted octanol–water partition coefficient (Wildman–Crippen LogP) is 4.34. The van der Waals surface area contributed by atoms with Crippen LogP contribution in [0.3, 0.4) is 0 Å². The van der Waals surface area contributed by atoms with Crippen molar-refractivity contribution in [1.82, 2.24) is 24.7 Å². The SMILES string of the molecule is Cc1cc(N2CC3CCC(C2)C3Nc2nc(Oc3ccc(F)c(F)c3)n(CC(F)(F)F)n2)ncn1. The van der Waals surface area contributed by atoms with Gasteiger partial charge in [0.15, 0.2) is 11.6 Å². The van der Waals surface area contributed by atoms with E-state index in [9.17, 15) is 22.0 Å². The second kappa shape index (κ2) is 8.93. The minimum Gasteiger partial charge on any atom is -0.424 e. The Balaban J connectivity index is 1.34. The molecule has 2 bridgehead atoms. The summed E-state index contributed by atoms with van der Waals surface area (Å²) in [7, 11) is 0. The van der Waals surface area contributed by atoms with E-state index >= 15 is 0 Å². The number of ether oxygens (including phenoxy) is 1. The van der Waals surface area contributed by atoms with E-state index in [-0.39, 0.29) is 29.6 Å². The third-order valence-electron chi connectivity index (χ3n) is 6.31. The van der Waals surface area contributed by atoms with Gasteiger partial charge in [-0.25, -0.2) is 23.4 Å². The highest BCUT2D eigenvalue weighted by atomic mass is 19.4. The third-order valence-corrected chi connectivity index (χ3v) is 6.31. The number of alkyl halides is 3. The Kier molecular flexibility index (Phi) is 5.93. The summed E-state index contributed by atoms with van der Waals surface area (Å²) >= 11 is 0. The van der Waals surface area contributed by atoms with Crippen LogP contribution in [0.25, 0.3) is 0 Å². The van der Waals surface area contributed by atoms with Crippen LogP contribution < -0.4 is 15.0 Å². The molecule has 1 aromatic carbocycles. The number of benzene rings is 1. The standard InChI is InChI=1S/C22H22F5N7O/c1-12-6-18(29-11-28-12)33-8-13-2-3-14(9-33)19(13)30-20-31-21(34(32-20)10-22(25,26)27)35-15-4-5-16(23)17(24)7-15/h4-7,11,13-14,19H,2-3,8-10H2,1H3,(H,30,32). The number of hydrogen-bond acceptors (Lipinski definition) is 7. The average Bonchev–Trinajstić information content (AvgIpc) is 3.24. The fourth-order valence-electron chi connectivity index (χ4n) is 4.79. The van der Waals surface area contributed by atoms with Crippen molar-refractivity contribution in [1.29, 1.82) is 0 Å². The van der Waals surface area contributed by atoms with Gasteiger partial charge in [0.1, 0.15) is 24.4 Å². The molecule has 2 fully saturated rings. The Labute approximate surface area is 197 Å². The van der Waals surface area contributed by atoms with E-state index in [0.717, 1.165) is 55.6 Å². The number of halogens is 5. The van der Waals surface area contributed by atoms with Crippen LogP contribution in [0.2, 0.25) is 0 Å². The number of rotatable bonds is 6. The Morgan fingerprint density at radius 3 is 2.46 bits per heavy atom. The summed E-state index contributed by atoms with van der Waals surface area (Å²) in [5.41, 5.74) is 0.871. The number of nitrogens with one attached hydrogen (secondary N) is 1. The zero-order chi connectivity index (χ0) is 24.7. The summed E-state index contributed by atoms with van der Waals surface area (Å²) in [5.74, 6) is -1.22. The highest BCUT2D eigenvalue weighted by Crippen LogP contribution is 2.40. The molecule has 1 aliphatic heterocycles. The van der Waals surface area contributed by atoms with Crippen LogP contribution in [-0.2, 0) is 6.54 Å². The Morgan fingerprint density at radius 2 is 1.80 bits per heavy atom. The van der Waals surface area contributed by atoms with E-state index in [0.29, 0.717) is 4.68 Å². The molecule has 1 aliphatic carbocycles. The summed E-state index contributed by atoms with van der Waals surface area (Å²) in [6.45, 7) is 1.91. The van der Waals surface area contributed by atoms with Crippen LogP contribution >= 0.6 is 0 Å². The number of nitrogens with zero attached hydrogens (tertiary/aromatic N) is 6. The molecule has 2 unspecified atom stereocenters. The van der Waals surface area contributed by atoms with Crippen LogP contribution in [0.1, 0.15) is 18.5 Å². The molecule has 1 saturated carbocycles. The van der Waals surface area contributed by atoms with Crippen molar-refractivity contribution in [2.45, 2.75) is 38.5 Å². The molecule has 2 aromatic heterocycles. The minimum absolute atomic E-state index is 0.0138. The number of aromatic nitrogens is 5. The quantitative estimate of drug-likeness (QED) is 0.510. The molecule has 35 heavy (non-hydrogen) atoms. The first-order chi connectivity index (χ1) is 16.6. The smallest absolute Gasteiger partial charge is 0.408 e. The van der Waals surface area contributed by atoms with Gasteiger partial charge in [0.25, 0.3) is 0 Å². The summed E-state index contributed by atoms with van der Waals surface area (Å²) in [5, 5.41) is 7.15. The van der Waals surface area contributed by atoms with Gasteiger partial charge in [0.2, 0.25) is 5.95 Å². The maximum Gasteiger partial charge on any atom is 0.408 e. The third kappa shape index (κ3) is 5.13. The van der Waals surface area contributed by atoms with Gasteiger partial charge >= 0.3 is 12.2 Å². The molecule has 0 spiro atoms. The topological polar surface area (TPSA) is 81.0 Å². The molecule has 5 rings (SSSR count). The Bertz CT molecular complexity index is 1200. The molecular formula is C22H22F5N7O. The fraction of sp³-hybridized carbons (Fsp3) is 0.455. The lowest BCUT2D eigenvalue weighted by Crippen LogP contribution is -2.48. The predicted molar refractivity (Wildman–Crippen MR) is 115 cm³/mol. The summed E-state index contributed by atoms with van der Waals surface area (Å²) in [6.07, 6.45) is -1.16. The first-order valence-corrected chi connectivity index (χ1v) is 11.1. The summed E-state index contributed by atoms with van der Waals surface area (Å²) < 4.78 is 72.0. The van der Waals surface area contributed by atoms with E-state index < -0.39 is 30.4 Å². The highest BCUT2D eigenvalue weighted by Gasteiger charge is 2.43. The number of anilines is 2. The van der Waals surface area contributed by atoms with Gasteiger partial charge in [0.05, 0.1) is 0 Å². The second-order valence-corrected chi connectivity index (χ2v) is 8.86. The normalized spacial score (nSPS) is 21.9. The molecule has 2 atom stereocenters. The van der Waals surface area contributed by atoms with Gasteiger partial charge < -0.3 is 15.0 Å². The molecule has 186 valence electrons. The van der Waals surface area contributed by atoms with Crippen LogP contribution in [0, 0.1) is 30.4 Å². The van der Waals surface area contributed by atoms with Gasteiger partial charge in [-0.2, -0.15) is 18.2 Å². The van der Waals surface area contributed by atoms with Crippen molar-refractivity contribution in [3.63, 3.8) is 0 Å². The van der Waals surface area contributed by atoms with Crippen LogP contribution in [0.5, 0.6) is 11.8 Å². The zero-order valence-electron chi connectivity index (χ0n) is 18.6. The van der Waals surface area contributed by atoms with E-state index in [1.807, 2.05) is 13.0 Å². The van der Waals surface area contributed by atoms with Crippen molar-refractivity contribution in [3.8, 4) is 11.8 Å². The number of hydrogen-bond donors (Lipinski definition) is 1. The van der Waals surface area contributed by atoms with E-state index in [1.54, 1.807) is 0 Å². The monoisotopic (exact) mass is 495 g/mol. The molecule has 0 radical (unpaired) electrons. The number of aryl methyl sites for hydroxylation is 1. The van der Waals surface area contributed by atoms with Gasteiger partial charge in [0, 0.05) is 37.0 Å². The van der Waals surface area contributed by atoms with Crippen molar-refractivity contribution in [2.24, 2.45) is 11.8 Å². The fourth-order valence-corrected chi connectivity index (χ4v) is 4.79. The molecule has 8 nitrogen and oxygen atoms in total. The Morgan fingerprint density at radius 1 is 1.06 bits per heavy atom. The molecule has 0 amide bonds. The van der Waals surface area contributed by atoms with Gasteiger partial charge in [-0.15, -0.1) is 5.10 Å². The largest absolute Gasteiger partial charge is 0.424 e. The van der Waals surface area contributed by atoms with Crippen molar-refractivity contribution in [2.75, 3.05) is 23.3 Å². The van der Waals surface area contributed by atoms with Crippen molar-refractivity contribution >= 4 is 11.8 Å². The highest BCUT2D eigenvalue weighted by molar-refractivity contribution is 5.42. The lowest BCUT2D eigenvalue weighted by molar-refractivity contribution is -0.143. The first kappa shape index (κ1) is 23.2. The molecular weight excluding hydrogens is 473 g/mol. The second-order valence-electron chi connectivity index (χ2n) is 8.86. The lowest BCUT2D eigenvalue weighted by atomic mass is 9.92. The van der Waals surface area contributed by atoms with E-state index in [2.05, 4.69) is 30.3 Å². The average molecular weight is 495 g/mol. The maximum atomic E-state index is 13.5. The number of piperidine rings is 1. The van der Waals surface area contributed by atoms with Crippen molar-refractivity contribution in [3.05, 3.63) is 47.9 Å². The van der Waals surface area contributed by atoms with Crippen LogP contribution in [-0.4, -0.2) is 50.0 Å². The van der Waals surface area contributed by atoms with Gasteiger partial charge in [-0.3, -0.25) is 0 Å². The van der Waals surface area contributed by atoms with Gasteiger partial charge in [-0.1, -0.05) is 0 Å².